The number of hydrazone groups is 2. The first kappa shape index (κ1) is 18.7. The number of para-hydroxylation sites is 1. The van der Waals surface area contributed by atoms with Crippen molar-refractivity contribution in [3.8, 4) is 0 Å². The number of halogens is 2. The van der Waals surface area contributed by atoms with Gasteiger partial charge in [-0.15, -0.1) is 0 Å². The van der Waals surface area contributed by atoms with Crippen LogP contribution in [0.25, 0.3) is 10.9 Å². The fourth-order valence-corrected chi connectivity index (χ4v) is 3.09. The minimum atomic E-state index is -0.903. The molecule has 8 nitrogen and oxygen atoms in total. The predicted molar refractivity (Wildman–Crippen MR) is 107 cm³/mol. The topological polar surface area (TPSA) is 111 Å². The van der Waals surface area contributed by atoms with Crippen LogP contribution in [0.15, 0.2) is 58.9 Å². The molecule has 0 radical (unpaired) electrons. The molecule has 0 amide bonds. The molecule has 0 saturated heterocycles. The third-order valence-corrected chi connectivity index (χ3v) is 4.33. The minimum absolute atomic E-state index is 0.409. The molecule has 1 aromatic heterocycles. The zero-order valence-electron chi connectivity index (χ0n) is 13.8. The number of hydrogen-bond acceptors (Lipinski definition) is 3. The predicted octanol–water partition coefficient (Wildman–Crippen LogP) is 3.43. The first-order valence-electron chi connectivity index (χ1n) is 7.73. The van der Waals surface area contributed by atoms with E-state index in [-0.39, 0.29) is 0 Å². The Hall–Kier alpha value is -3.10. The highest BCUT2D eigenvalue weighted by Gasteiger charge is 2.09. The van der Waals surface area contributed by atoms with E-state index in [9.17, 15) is 10.1 Å². The van der Waals surface area contributed by atoms with E-state index in [1.54, 1.807) is 12.1 Å². The first-order chi connectivity index (χ1) is 12.9. The number of nitrogens with two attached hydrogens (primary N) is 1. The summed E-state index contributed by atoms with van der Waals surface area (Å²) in [5.74, 6) is -0.409. The molecule has 0 aliphatic heterocycles. The molecule has 1 heterocycles. The van der Waals surface area contributed by atoms with Gasteiger partial charge in [0.1, 0.15) is 5.10 Å². The van der Waals surface area contributed by atoms with Crippen molar-refractivity contribution in [1.29, 1.82) is 0 Å². The summed E-state index contributed by atoms with van der Waals surface area (Å²) in [4.78, 5) is 10.3. The SMILES string of the molecule is N/C(=N\[N+](=O)[O-])N/N=C/c1cn(Cc2ccc(Cl)cc2Cl)c2ccccc12. The van der Waals surface area contributed by atoms with Gasteiger partial charge in [-0.1, -0.05) is 47.5 Å². The molecule has 0 fully saturated rings. The average Bonchev–Trinajstić information content (AvgIpc) is 2.95. The minimum Gasteiger partial charge on any atom is -0.363 e. The lowest BCUT2D eigenvalue weighted by atomic mass is 10.2. The second kappa shape index (κ2) is 8.07. The maximum absolute atomic E-state index is 10.3. The maximum atomic E-state index is 10.3. The second-order valence-electron chi connectivity index (χ2n) is 5.56. The highest BCUT2D eigenvalue weighted by Crippen LogP contribution is 2.25. The van der Waals surface area contributed by atoms with E-state index in [0.717, 1.165) is 22.0 Å². The van der Waals surface area contributed by atoms with Gasteiger partial charge in [0.15, 0.2) is 5.03 Å². The Balaban J connectivity index is 1.90. The molecule has 3 rings (SSSR count). The summed E-state index contributed by atoms with van der Waals surface area (Å²) in [6.07, 6.45) is 3.42. The smallest absolute Gasteiger partial charge is 0.286 e. The van der Waals surface area contributed by atoms with Crippen molar-refractivity contribution in [1.82, 2.24) is 9.99 Å². The molecular formula is C17H14Cl2N6O2. The van der Waals surface area contributed by atoms with Crippen molar-refractivity contribution in [2.75, 3.05) is 0 Å². The zero-order valence-corrected chi connectivity index (χ0v) is 15.4. The Bertz CT molecular complexity index is 1060. The third kappa shape index (κ3) is 4.55. The van der Waals surface area contributed by atoms with Crippen LogP contribution in [0.3, 0.4) is 0 Å². The van der Waals surface area contributed by atoms with Crippen molar-refractivity contribution in [3.63, 3.8) is 0 Å². The number of aromatic nitrogens is 1. The number of fused-ring (bicyclic) bond motifs is 1. The van der Waals surface area contributed by atoms with E-state index in [2.05, 4.69) is 15.6 Å². The van der Waals surface area contributed by atoms with Gasteiger partial charge in [0.25, 0.3) is 5.96 Å². The molecule has 0 bridgehead atoms. The van der Waals surface area contributed by atoms with Gasteiger partial charge in [0, 0.05) is 39.3 Å². The van der Waals surface area contributed by atoms with Crippen molar-refractivity contribution in [2.45, 2.75) is 6.54 Å². The summed E-state index contributed by atoms with van der Waals surface area (Å²) in [6, 6.07) is 13.1. The first-order valence-corrected chi connectivity index (χ1v) is 8.49. The van der Waals surface area contributed by atoms with Crippen LogP contribution in [0.1, 0.15) is 11.1 Å². The standard InChI is InChI=1S/C17H14Cl2N6O2/c18-13-6-5-11(15(19)7-13)9-24-10-12(14-3-1-2-4-16(14)24)8-21-22-17(20)23-25(26)27/h1-8,10H,9H2,(H3,20,22,23)/b21-8+. The van der Waals surface area contributed by atoms with Crippen LogP contribution in [0.4, 0.5) is 0 Å². The molecular weight excluding hydrogens is 391 g/mol. The van der Waals surface area contributed by atoms with E-state index in [1.165, 1.54) is 6.21 Å². The lowest BCUT2D eigenvalue weighted by molar-refractivity contribution is -0.485. The normalized spacial score (nSPS) is 12.0. The van der Waals surface area contributed by atoms with Gasteiger partial charge in [-0.25, -0.2) is 15.5 Å². The Kier molecular flexibility index (Phi) is 5.58. The van der Waals surface area contributed by atoms with Gasteiger partial charge in [-0.05, 0) is 23.8 Å². The Morgan fingerprint density at radius 2 is 2.07 bits per heavy atom. The van der Waals surface area contributed by atoms with Crippen LogP contribution >= 0.6 is 23.2 Å². The molecule has 3 N–H and O–H groups in total. The van der Waals surface area contributed by atoms with Crippen LogP contribution in [0.2, 0.25) is 10.0 Å². The molecule has 27 heavy (non-hydrogen) atoms. The van der Waals surface area contributed by atoms with E-state index >= 15 is 0 Å². The van der Waals surface area contributed by atoms with Crippen molar-refractivity contribution >= 4 is 46.3 Å². The molecule has 138 valence electrons. The maximum Gasteiger partial charge on any atom is 0.286 e. The average molecular weight is 405 g/mol. The Morgan fingerprint density at radius 1 is 1.30 bits per heavy atom. The fourth-order valence-electron chi connectivity index (χ4n) is 2.62. The molecule has 0 spiro atoms. The second-order valence-corrected chi connectivity index (χ2v) is 6.40. The number of nitrogens with zero attached hydrogens (tertiary/aromatic N) is 4. The van der Waals surface area contributed by atoms with Crippen molar-refractivity contribution < 1.29 is 5.03 Å². The fraction of sp³-hybridized carbons (Fsp3) is 0.0588. The van der Waals surface area contributed by atoms with Crippen molar-refractivity contribution in [2.24, 2.45) is 15.9 Å². The van der Waals surface area contributed by atoms with E-state index in [4.69, 9.17) is 28.9 Å². The Morgan fingerprint density at radius 3 is 2.81 bits per heavy atom. The summed E-state index contributed by atoms with van der Waals surface area (Å²) in [5.41, 5.74) is 10.4. The van der Waals surface area contributed by atoms with Gasteiger partial charge < -0.3 is 10.3 Å². The lowest BCUT2D eigenvalue weighted by Crippen LogP contribution is -2.28. The van der Waals surface area contributed by atoms with Crippen LogP contribution in [0.5, 0.6) is 0 Å². The highest BCUT2D eigenvalue weighted by molar-refractivity contribution is 6.35. The largest absolute Gasteiger partial charge is 0.363 e. The molecule has 10 heteroatoms. The van der Waals surface area contributed by atoms with Gasteiger partial charge in [-0.2, -0.15) is 5.10 Å². The van der Waals surface area contributed by atoms with Crippen LogP contribution in [-0.4, -0.2) is 21.8 Å². The van der Waals surface area contributed by atoms with Crippen molar-refractivity contribution in [3.05, 3.63) is 79.9 Å². The molecule has 0 atom stereocenters. The van der Waals surface area contributed by atoms with Crippen LogP contribution in [-0.2, 0) is 6.54 Å². The van der Waals surface area contributed by atoms with Gasteiger partial charge in [0.2, 0.25) is 0 Å². The molecule has 0 aliphatic carbocycles. The molecule has 0 aliphatic rings. The number of nitro groups is 1. The van der Waals surface area contributed by atoms with E-state index < -0.39 is 11.0 Å². The quantitative estimate of drug-likeness (QED) is 0.293. The Labute approximate surface area is 164 Å². The van der Waals surface area contributed by atoms with Gasteiger partial charge >= 0.3 is 0 Å². The van der Waals surface area contributed by atoms with E-state index in [1.807, 2.05) is 41.1 Å². The molecule has 0 saturated carbocycles. The molecule has 0 unspecified atom stereocenters. The molecule has 2 aromatic carbocycles. The summed E-state index contributed by atoms with van der Waals surface area (Å²) < 4.78 is 2.03. The van der Waals surface area contributed by atoms with Crippen LogP contribution in [0, 0.1) is 10.1 Å². The highest BCUT2D eigenvalue weighted by atomic mass is 35.5. The number of benzene rings is 2. The lowest BCUT2D eigenvalue weighted by Gasteiger charge is -2.08. The zero-order chi connectivity index (χ0) is 19.4. The summed E-state index contributed by atoms with van der Waals surface area (Å²) in [6.45, 7) is 0.544. The van der Waals surface area contributed by atoms with Gasteiger partial charge in [-0.3, -0.25) is 0 Å². The number of rotatable bonds is 5. The summed E-state index contributed by atoms with van der Waals surface area (Å²) in [5, 5.41) is 18.3. The van der Waals surface area contributed by atoms with Crippen LogP contribution < -0.4 is 11.2 Å². The number of nitrogens with one attached hydrogen (secondary N) is 1. The number of hydrogen-bond donors (Lipinski definition) is 2. The van der Waals surface area contributed by atoms with Gasteiger partial charge in [0.05, 0.1) is 6.21 Å². The summed E-state index contributed by atoms with van der Waals surface area (Å²) >= 11 is 12.2. The monoisotopic (exact) mass is 404 g/mol. The summed E-state index contributed by atoms with van der Waals surface area (Å²) in [7, 11) is 0. The van der Waals surface area contributed by atoms with E-state index in [0.29, 0.717) is 16.6 Å². The third-order valence-electron chi connectivity index (χ3n) is 3.75. The molecule has 3 aromatic rings. The number of guanidine groups is 1.